The lowest BCUT2D eigenvalue weighted by Crippen LogP contribution is -2.40. The third-order valence-electron chi connectivity index (χ3n) is 2.42. The van der Waals surface area contributed by atoms with Crippen LogP contribution in [0, 0.1) is 12.7 Å². The van der Waals surface area contributed by atoms with Crippen molar-refractivity contribution >= 4 is 16.0 Å². The molecule has 0 aliphatic rings. The van der Waals surface area contributed by atoms with Gasteiger partial charge in [-0.2, -0.15) is 4.72 Å². The number of halogens is 1. The zero-order valence-electron chi connectivity index (χ0n) is 10.3. The second-order valence-electron chi connectivity index (χ2n) is 3.95. The van der Waals surface area contributed by atoms with Crippen molar-refractivity contribution in [2.45, 2.75) is 24.3 Å². The Morgan fingerprint density at radius 1 is 1.58 bits per heavy atom. The molecule has 0 amide bonds. The van der Waals surface area contributed by atoms with Crippen molar-refractivity contribution in [2.75, 3.05) is 0 Å². The number of carboxylic acid groups (broad SMARTS) is 1. The third-order valence-corrected chi connectivity index (χ3v) is 4.06. The van der Waals surface area contributed by atoms with E-state index in [0.29, 0.717) is 0 Å². The highest BCUT2D eigenvalue weighted by Gasteiger charge is 2.25. The molecule has 1 unspecified atom stereocenters. The van der Waals surface area contributed by atoms with Crippen molar-refractivity contribution in [3.63, 3.8) is 0 Å². The number of aliphatic carboxylic acids is 1. The molecule has 7 heteroatoms. The summed E-state index contributed by atoms with van der Waals surface area (Å²) in [5.41, 5.74) is 0.204. The van der Waals surface area contributed by atoms with E-state index in [1.807, 2.05) is 4.72 Å². The van der Waals surface area contributed by atoms with Crippen LogP contribution in [0.2, 0.25) is 0 Å². The van der Waals surface area contributed by atoms with Crippen molar-refractivity contribution in [1.82, 2.24) is 4.72 Å². The molecule has 0 aromatic heterocycles. The highest BCUT2D eigenvalue weighted by atomic mass is 32.2. The highest BCUT2D eigenvalue weighted by molar-refractivity contribution is 7.89. The van der Waals surface area contributed by atoms with Crippen LogP contribution in [-0.2, 0) is 14.8 Å². The third kappa shape index (κ3) is 3.87. The van der Waals surface area contributed by atoms with Gasteiger partial charge in [-0.25, -0.2) is 12.8 Å². The lowest BCUT2D eigenvalue weighted by atomic mass is 10.2. The van der Waals surface area contributed by atoms with E-state index in [1.54, 1.807) is 0 Å². The Morgan fingerprint density at radius 2 is 2.21 bits per heavy atom. The van der Waals surface area contributed by atoms with Gasteiger partial charge in [0.05, 0.1) is 4.90 Å². The maximum Gasteiger partial charge on any atom is 0.322 e. The molecule has 5 nitrogen and oxygen atoms in total. The first-order chi connectivity index (χ1) is 8.77. The van der Waals surface area contributed by atoms with Crippen molar-refractivity contribution in [1.29, 1.82) is 0 Å². The molecule has 0 radical (unpaired) electrons. The minimum atomic E-state index is -4.02. The number of carbonyl (C=O) groups is 1. The van der Waals surface area contributed by atoms with Gasteiger partial charge >= 0.3 is 5.97 Å². The van der Waals surface area contributed by atoms with Gasteiger partial charge in [-0.05, 0) is 37.1 Å². The predicted molar refractivity (Wildman–Crippen MR) is 67.7 cm³/mol. The summed E-state index contributed by atoms with van der Waals surface area (Å²) in [5.74, 6) is -1.86. The topological polar surface area (TPSA) is 83.5 Å². The van der Waals surface area contributed by atoms with Crippen LogP contribution in [0.5, 0.6) is 0 Å². The summed E-state index contributed by atoms with van der Waals surface area (Å²) < 4.78 is 39.0. The van der Waals surface area contributed by atoms with E-state index < -0.39 is 27.9 Å². The second-order valence-corrected chi connectivity index (χ2v) is 5.63. The number of nitrogens with one attached hydrogen (secondary N) is 1. The van der Waals surface area contributed by atoms with Crippen LogP contribution in [0.4, 0.5) is 4.39 Å². The summed E-state index contributed by atoms with van der Waals surface area (Å²) in [5, 5.41) is 8.89. The van der Waals surface area contributed by atoms with Gasteiger partial charge in [-0.1, -0.05) is 6.08 Å². The maximum atomic E-state index is 12.9. The van der Waals surface area contributed by atoms with Gasteiger partial charge in [-0.15, -0.1) is 6.58 Å². The van der Waals surface area contributed by atoms with E-state index in [9.17, 15) is 17.6 Å². The molecule has 0 saturated carbocycles. The quantitative estimate of drug-likeness (QED) is 0.775. The van der Waals surface area contributed by atoms with Gasteiger partial charge < -0.3 is 5.11 Å². The Hall–Kier alpha value is -1.73. The van der Waals surface area contributed by atoms with E-state index in [2.05, 4.69) is 6.58 Å². The summed E-state index contributed by atoms with van der Waals surface area (Å²) in [6.45, 7) is 4.80. The largest absolute Gasteiger partial charge is 0.480 e. The number of hydrogen-bond donors (Lipinski definition) is 2. The smallest absolute Gasteiger partial charge is 0.322 e. The fourth-order valence-corrected chi connectivity index (χ4v) is 2.96. The average Bonchev–Trinajstić information content (AvgIpc) is 2.27. The Kier molecular flexibility index (Phi) is 4.79. The summed E-state index contributed by atoms with van der Waals surface area (Å²) in [6, 6.07) is 1.87. The first-order valence-corrected chi connectivity index (χ1v) is 6.88. The number of aryl methyl sites for hydroxylation is 1. The molecule has 0 saturated heterocycles. The van der Waals surface area contributed by atoms with E-state index in [4.69, 9.17) is 5.11 Å². The average molecular weight is 287 g/mol. The number of hydrogen-bond acceptors (Lipinski definition) is 3. The Balaban J connectivity index is 3.09. The molecule has 2 N–H and O–H groups in total. The summed E-state index contributed by atoms with van der Waals surface area (Å²) in [4.78, 5) is 10.8. The molecule has 0 fully saturated rings. The molecule has 0 bridgehead atoms. The van der Waals surface area contributed by atoms with Crippen LogP contribution < -0.4 is 4.72 Å². The number of sulfonamides is 1. The normalized spacial score (nSPS) is 12.9. The van der Waals surface area contributed by atoms with E-state index in [1.165, 1.54) is 13.0 Å². The first-order valence-electron chi connectivity index (χ1n) is 5.40. The molecule has 0 heterocycles. The van der Waals surface area contributed by atoms with Gasteiger partial charge in [0.1, 0.15) is 11.9 Å². The van der Waals surface area contributed by atoms with Crippen LogP contribution in [0.1, 0.15) is 12.0 Å². The molecule has 0 aliphatic heterocycles. The predicted octanol–water partition coefficient (Wildman–Crippen LogP) is 1.44. The lowest BCUT2D eigenvalue weighted by molar-refractivity contribution is -0.138. The molecule has 1 aromatic rings. The molecule has 0 aliphatic carbocycles. The molecular weight excluding hydrogens is 273 g/mol. The molecule has 1 rings (SSSR count). The van der Waals surface area contributed by atoms with Gasteiger partial charge in [0.2, 0.25) is 10.0 Å². The fraction of sp³-hybridized carbons (Fsp3) is 0.250. The summed E-state index contributed by atoms with van der Waals surface area (Å²) >= 11 is 0. The van der Waals surface area contributed by atoms with Crippen molar-refractivity contribution in [3.05, 3.63) is 42.2 Å². The van der Waals surface area contributed by atoms with Crippen LogP contribution in [0.15, 0.2) is 35.7 Å². The van der Waals surface area contributed by atoms with Crippen molar-refractivity contribution < 1.29 is 22.7 Å². The fourth-order valence-electron chi connectivity index (χ4n) is 1.53. The first kappa shape index (κ1) is 15.3. The zero-order chi connectivity index (χ0) is 14.6. The zero-order valence-corrected chi connectivity index (χ0v) is 11.1. The van der Waals surface area contributed by atoms with Crippen LogP contribution in [0.3, 0.4) is 0 Å². The van der Waals surface area contributed by atoms with E-state index in [0.717, 1.165) is 18.2 Å². The lowest BCUT2D eigenvalue weighted by Gasteiger charge is -2.14. The molecule has 104 valence electrons. The number of benzene rings is 1. The van der Waals surface area contributed by atoms with Gasteiger partial charge in [-0.3, -0.25) is 4.79 Å². The van der Waals surface area contributed by atoms with E-state index >= 15 is 0 Å². The van der Waals surface area contributed by atoms with Crippen molar-refractivity contribution in [3.8, 4) is 0 Å². The van der Waals surface area contributed by atoms with Crippen LogP contribution in [0.25, 0.3) is 0 Å². The standard InChI is InChI=1S/C12H14FNO4S/c1-3-4-10(12(15)16)14-19(17,18)11-6-5-9(13)7-8(11)2/h3,5-7,10,14H,1,4H2,2H3,(H,15,16). The SMILES string of the molecule is C=CCC(NS(=O)(=O)c1ccc(F)cc1C)C(=O)O. The molecule has 0 spiro atoms. The molecule has 1 aromatic carbocycles. The van der Waals surface area contributed by atoms with Gasteiger partial charge in [0, 0.05) is 0 Å². The minimum Gasteiger partial charge on any atom is -0.480 e. The number of rotatable bonds is 6. The highest BCUT2D eigenvalue weighted by Crippen LogP contribution is 2.16. The van der Waals surface area contributed by atoms with Gasteiger partial charge in [0.15, 0.2) is 0 Å². The van der Waals surface area contributed by atoms with Gasteiger partial charge in [0.25, 0.3) is 0 Å². The molecule has 1 atom stereocenters. The maximum absolute atomic E-state index is 12.9. The second kappa shape index (κ2) is 5.94. The molecule has 19 heavy (non-hydrogen) atoms. The van der Waals surface area contributed by atoms with Crippen molar-refractivity contribution in [2.24, 2.45) is 0 Å². The Bertz CT molecular complexity index is 598. The minimum absolute atomic E-state index is 0.0468. The summed E-state index contributed by atoms with van der Waals surface area (Å²) in [6.07, 6.45) is 1.26. The van der Waals surface area contributed by atoms with E-state index in [-0.39, 0.29) is 16.9 Å². The summed E-state index contributed by atoms with van der Waals surface area (Å²) in [7, 11) is -4.02. The van der Waals surface area contributed by atoms with Crippen LogP contribution >= 0.6 is 0 Å². The Morgan fingerprint density at radius 3 is 2.68 bits per heavy atom. The number of carboxylic acids is 1. The Labute approximate surface area is 110 Å². The molecular formula is C12H14FNO4S. The monoisotopic (exact) mass is 287 g/mol. The van der Waals surface area contributed by atoms with Crippen LogP contribution in [-0.4, -0.2) is 25.5 Å².